The molecule has 3 rings (SSSR count). The van der Waals surface area contributed by atoms with Gasteiger partial charge in [-0.1, -0.05) is 37.3 Å². The lowest BCUT2D eigenvalue weighted by Gasteiger charge is -2.40. The Balaban J connectivity index is 1.49. The van der Waals surface area contributed by atoms with Crippen molar-refractivity contribution in [3.8, 4) is 0 Å². The van der Waals surface area contributed by atoms with Crippen molar-refractivity contribution < 1.29 is 9.53 Å². The molecule has 2 aliphatic heterocycles. The zero-order valence-corrected chi connectivity index (χ0v) is 18.3. The molecule has 1 N–H and O–H groups in total. The average Bonchev–Trinajstić information content (AvgIpc) is 2.76. The Labute approximate surface area is 176 Å². The maximum Gasteiger partial charge on any atom is 0.224 e. The first-order valence-corrected chi connectivity index (χ1v) is 11.5. The molecule has 0 spiro atoms. The zero-order chi connectivity index (χ0) is 20.5. The Kier molecular flexibility index (Phi) is 8.96. The number of methoxy groups -OCH3 is 1. The van der Waals surface area contributed by atoms with Crippen molar-refractivity contribution in [3.05, 3.63) is 35.9 Å². The monoisotopic (exact) mass is 401 g/mol. The maximum absolute atomic E-state index is 13.0. The number of amides is 1. The van der Waals surface area contributed by atoms with Crippen LogP contribution in [0.2, 0.25) is 0 Å². The van der Waals surface area contributed by atoms with Gasteiger partial charge in [-0.05, 0) is 69.8 Å². The van der Waals surface area contributed by atoms with Gasteiger partial charge in [0.25, 0.3) is 0 Å². The molecule has 162 valence electrons. The average molecular weight is 402 g/mol. The molecule has 0 radical (unpaired) electrons. The first-order chi connectivity index (χ1) is 14.2. The molecule has 0 aliphatic carbocycles. The molecule has 0 saturated carbocycles. The summed E-state index contributed by atoms with van der Waals surface area (Å²) in [7, 11) is 1.74. The molecular weight excluding hydrogens is 362 g/mol. The molecule has 2 saturated heterocycles. The Morgan fingerprint density at radius 3 is 2.59 bits per heavy atom. The van der Waals surface area contributed by atoms with E-state index in [0.717, 1.165) is 51.4 Å². The molecule has 5 heteroatoms. The third-order valence-electron chi connectivity index (χ3n) is 6.80. The fourth-order valence-electron chi connectivity index (χ4n) is 4.96. The SMILES string of the molecule is CCN1CCC(CCNC(=O)[C@@H]2CCCN(Cc3ccccc3)[C@@H]2COC)CC1. The standard InChI is InChI=1S/C24H39N3O2/c1-3-26-16-12-20(13-17-26)11-14-25-24(28)22-10-7-15-27(23(22)19-29-2)18-21-8-5-4-6-9-21/h4-6,8-9,20,22-23H,3,7,10-19H2,1-2H3,(H,25,28)/t22-,23-/m1/s1. The second-order valence-corrected chi connectivity index (χ2v) is 8.68. The van der Waals surface area contributed by atoms with Crippen molar-refractivity contribution >= 4 is 5.91 Å². The van der Waals surface area contributed by atoms with Crippen molar-refractivity contribution in [2.45, 2.75) is 51.6 Å². The van der Waals surface area contributed by atoms with Crippen molar-refractivity contribution in [3.63, 3.8) is 0 Å². The summed E-state index contributed by atoms with van der Waals surface area (Å²) >= 11 is 0. The number of piperidine rings is 2. The highest BCUT2D eigenvalue weighted by Gasteiger charge is 2.35. The van der Waals surface area contributed by atoms with Crippen molar-refractivity contribution in [1.29, 1.82) is 0 Å². The quantitative estimate of drug-likeness (QED) is 0.690. The summed E-state index contributed by atoms with van der Waals surface area (Å²) in [6.07, 6.45) is 5.67. The van der Waals surface area contributed by atoms with E-state index >= 15 is 0 Å². The molecule has 2 atom stereocenters. The molecule has 1 amide bonds. The van der Waals surface area contributed by atoms with E-state index in [0.29, 0.717) is 6.61 Å². The van der Waals surface area contributed by atoms with E-state index in [1.54, 1.807) is 7.11 Å². The minimum Gasteiger partial charge on any atom is -0.383 e. The van der Waals surface area contributed by atoms with E-state index < -0.39 is 0 Å². The van der Waals surface area contributed by atoms with E-state index in [9.17, 15) is 4.79 Å². The van der Waals surface area contributed by atoms with Crippen LogP contribution in [0, 0.1) is 11.8 Å². The Morgan fingerprint density at radius 2 is 1.90 bits per heavy atom. The molecule has 2 aliphatic rings. The fourth-order valence-corrected chi connectivity index (χ4v) is 4.96. The molecule has 29 heavy (non-hydrogen) atoms. The van der Waals surface area contributed by atoms with Crippen molar-refractivity contribution in [2.24, 2.45) is 11.8 Å². The first-order valence-electron chi connectivity index (χ1n) is 11.5. The number of hydrogen-bond acceptors (Lipinski definition) is 4. The largest absolute Gasteiger partial charge is 0.383 e. The maximum atomic E-state index is 13.0. The van der Waals surface area contributed by atoms with E-state index in [-0.39, 0.29) is 17.9 Å². The summed E-state index contributed by atoms with van der Waals surface area (Å²) in [6, 6.07) is 10.7. The molecular formula is C24H39N3O2. The van der Waals surface area contributed by atoms with E-state index in [1.165, 1.54) is 31.5 Å². The van der Waals surface area contributed by atoms with Crippen molar-refractivity contribution in [1.82, 2.24) is 15.1 Å². The highest BCUT2D eigenvalue weighted by molar-refractivity contribution is 5.79. The number of hydrogen-bond donors (Lipinski definition) is 1. The van der Waals surface area contributed by atoms with Gasteiger partial charge < -0.3 is 15.0 Å². The van der Waals surface area contributed by atoms with Crippen LogP contribution >= 0.6 is 0 Å². The van der Waals surface area contributed by atoms with E-state index in [1.807, 2.05) is 0 Å². The van der Waals surface area contributed by atoms with Gasteiger partial charge in [0.05, 0.1) is 12.5 Å². The van der Waals surface area contributed by atoms with Crippen LogP contribution in [0.4, 0.5) is 0 Å². The van der Waals surface area contributed by atoms with Crippen LogP contribution in [0.3, 0.4) is 0 Å². The van der Waals surface area contributed by atoms with Gasteiger partial charge in [-0.25, -0.2) is 0 Å². The summed E-state index contributed by atoms with van der Waals surface area (Å²) in [4.78, 5) is 18.0. The molecule has 0 bridgehead atoms. The number of nitrogens with zero attached hydrogens (tertiary/aromatic N) is 2. The lowest BCUT2D eigenvalue weighted by atomic mass is 9.88. The van der Waals surface area contributed by atoms with Gasteiger partial charge in [-0.3, -0.25) is 9.69 Å². The smallest absolute Gasteiger partial charge is 0.224 e. The van der Waals surface area contributed by atoms with Crippen LogP contribution < -0.4 is 5.32 Å². The second-order valence-electron chi connectivity index (χ2n) is 8.68. The molecule has 0 aromatic heterocycles. The number of nitrogens with one attached hydrogen (secondary N) is 1. The summed E-state index contributed by atoms with van der Waals surface area (Å²) in [5.74, 6) is 0.999. The summed E-state index contributed by atoms with van der Waals surface area (Å²) < 4.78 is 5.52. The minimum atomic E-state index is 0.0225. The lowest BCUT2D eigenvalue weighted by molar-refractivity contribution is -0.130. The van der Waals surface area contributed by atoms with Gasteiger partial charge in [-0.2, -0.15) is 0 Å². The molecule has 5 nitrogen and oxygen atoms in total. The van der Waals surface area contributed by atoms with Crippen LogP contribution in [0.1, 0.15) is 44.6 Å². The number of benzene rings is 1. The van der Waals surface area contributed by atoms with Crippen LogP contribution in [0.5, 0.6) is 0 Å². The van der Waals surface area contributed by atoms with E-state index in [2.05, 4.69) is 52.4 Å². The Morgan fingerprint density at radius 1 is 1.14 bits per heavy atom. The third kappa shape index (κ3) is 6.53. The predicted molar refractivity (Wildman–Crippen MR) is 118 cm³/mol. The number of carbonyl (C=O) groups is 1. The van der Waals surface area contributed by atoms with E-state index in [4.69, 9.17) is 4.74 Å². The molecule has 1 aromatic rings. The summed E-state index contributed by atoms with van der Waals surface area (Å²) in [5.41, 5.74) is 1.30. The second kappa shape index (κ2) is 11.7. The number of ether oxygens (including phenoxy) is 1. The van der Waals surface area contributed by atoms with Gasteiger partial charge in [0.15, 0.2) is 0 Å². The molecule has 1 aromatic carbocycles. The fraction of sp³-hybridized carbons (Fsp3) is 0.708. The third-order valence-corrected chi connectivity index (χ3v) is 6.80. The minimum absolute atomic E-state index is 0.0225. The van der Waals surface area contributed by atoms with Gasteiger partial charge in [0.2, 0.25) is 5.91 Å². The van der Waals surface area contributed by atoms with Gasteiger partial charge in [0, 0.05) is 26.2 Å². The van der Waals surface area contributed by atoms with Crippen LogP contribution in [-0.2, 0) is 16.1 Å². The normalized spacial score (nSPS) is 24.5. The zero-order valence-electron chi connectivity index (χ0n) is 18.3. The highest BCUT2D eigenvalue weighted by Crippen LogP contribution is 2.26. The Bertz CT molecular complexity index is 601. The molecule has 2 fully saturated rings. The number of carbonyl (C=O) groups excluding carboxylic acids is 1. The Hall–Kier alpha value is -1.43. The summed E-state index contributed by atoms with van der Waals surface area (Å²) in [5, 5.41) is 3.26. The summed E-state index contributed by atoms with van der Waals surface area (Å²) in [6.45, 7) is 9.15. The van der Waals surface area contributed by atoms with Gasteiger partial charge in [-0.15, -0.1) is 0 Å². The molecule has 0 unspecified atom stereocenters. The lowest BCUT2D eigenvalue weighted by Crippen LogP contribution is -2.52. The highest BCUT2D eigenvalue weighted by atomic mass is 16.5. The van der Waals surface area contributed by atoms with Crippen LogP contribution in [0.15, 0.2) is 30.3 Å². The van der Waals surface area contributed by atoms with Crippen LogP contribution in [-0.4, -0.2) is 68.2 Å². The van der Waals surface area contributed by atoms with Gasteiger partial charge >= 0.3 is 0 Å². The number of rotatable bonds is 9. The molecule has 2 heterocycles. The topological polar surface area (TPSA) is 44.8 Å². The van der Waals surface area contributed by atoms with Crippen LogP contribution in [0.25, 0.3) is 0 Å². The first kappa shape index (κ1) is 22.3. The predicted octanol–water partition coefficient (Wildman–Crippen LogP) is 3.15. The number of likely N-dealkylation sites (tertiary alicyclic amines) is 2. The van der Waals surface area contributed by atoms with Crippen molar-refractivity contribution in [2.75, 3.05) is 46.4 Å². The van der Waals surface area contributed by atoms with Gasteiger partial charge in [0.1, 0.15) is 0 Å².